The van der Waals surface area contributed by atoms with Crippen LogP contribution in [0.25, 0.3) is 0 Å². The highest BCUT2D eigenvalue weighted by Gasteiger charge is 2.34. The Morgan fingerprint density at radius 2 is 1.62 bits per heavy atom. The van der Waals surface area contributed by atoms with Crippen LogP contribution in [-0.4, -0.2) is 80.6 Å². The molecule has 4 rings (SSSR count). The molecule has 1 aliphatic heterocycles. The number of ether oxygens (including phenoxy) is 4. The smallest absolute Gasteiger partial charge is 0.407 e. The Morgan fingerprint density at radius 1 is 0.980 bits per heavy atom. The number of amidine groups is 2. The maximum atomic E-state index is 13.3. The van der Waals surface area contributed by atoms with E-state index in [-0.39, 0.29) is 24.0 Å². The molecule has 0 radical (unpaired) electrons. The van der Waals surface area contributed by atoms with E-state index in [1.807, 2.05) is 26.0 Å². The maximum absolute atomic E-state index is 13.3. The van der Waals surface area contributed by atoms with Gasteiger partial charge in [-0.3, -0.25) is 25.5 Å². The minimum Gasteiger partial charge on any atom is -0.491 e. The third kappa shape index (κ3) is 10.8. The molecule has 12 nitrogen and oxygen atoms in total. The Morgan fingerprint density at radius 3 is 2.26 bits per heavy atom. The van der Waals surface area contributed by atoms with Crippen molar-refractivity contribution >= 4 is 63.0 Å². The summed E-state index contributed by atoms with van der Waals surface area (Å²) in [7, 11) is 0. The molecular formula is C36H45ClN6O6S. The van der Waals surface area contributed by atoms with Crippen LogP contribution in [0.1, 0.15) is 55.7 Å². The third-order valence-electron chi connectivity index (χ3n) is 7.40. The molecule has 1 aromatic heterocycles. The molecule has 0 aliphatic carbocycles. The summed E-state index contributed by atoms with van der Waals surface area (Å²) in [4.78, 5) is 32.6. The van der Waals surface area contributed by atoms with Crippen LogP contribution in [-0.2, 0) is 19.0 Å². The van der Waals surface area contributed by atoms with E-state index >= 15 is 0 Å². The Hall–Kier alpha value is -4.30. The number of thiophene rings is 1. The number of halogens is 1. The standard InChI is InChI=1S/C36H45ClN6O6S/c1-22-23(2)50-34-31(22)32(25-7-9-26(37)10-8-25)42-29(33(39)43(34)24(3)38)21-30(44)41-27-11-13-28(14-12-27)48-20-19-47-18-17-46-16-15-40-35(45)49-36(4,5)6/h7-14,29,38-39H,15-21H2,1-6H3,(H,40,45)(H,41,44)/t29-/m0/s1. The van der Waals surface area contributed by atoms with Crippen LogP contribution in [0.4, 0.5) is 15.5 Å². The van der Waals surface area contributed by atoms with Gasteiger partial charge in [0.25, 0.3) is 0 Å². The number of anilines is 2. The normalized spacial score (nSPS) is 14.4. The number of benzene rings is 2. The lowest BCUT2D eigenvalue weighted by molar-refractivity contribution is -0.116. The zero-order valence-electron chi connectivity index (χ0n) is 29.3. The van der Waals surface area contributed by atoms with Gasteiger partial charge in [0.15, 0.2) is 0 Å². The first-order valence-electron chi connectivity index (χ1n) is 16.3. The summed E-state index contributed by atoms with van der Waals surface area (Å²) in [6.07, 6.45) is -0.569. The van der Waals surface area contributed by atoms with Gasteiger partial charge in [-0.2, -0.15) is 0 Å². The SMILES string of the molecule is CC(=N)N1C(=N)[C@H](CC(=O)Nc2ccc(OCCOCCOCCNC(=O)OC(C)(C)C)cc2)N=C(c2ccc(Cl)cc2)c2c1sc(C)c2C. The molecule has 2 heterocycles. The second-order valence-corrected chi connectivity index (χ2v) is 14.2. The second kappa shape index (κ2) is 17.6. The summed E-state index contributed by atoms with van der Waals surface area (Å²) < 4.78 is 21.9. The fourth-order valence-corrected chi connectivity index (χ4v) is 6.34. The Labute approximate surface area is 302 Å². The van der Waals surface area contributed by atoms with Crippen LogP contribution in [0.15, 0.2) is 53.5 Å². The molecule has 1 aliphatic rings. The molecule has 4 N–H and O–H groups in total. The van der Waals surface area contributed by atoms with Crippen molar-refractivity contribution < 1.29 is 28.5 Å². The molecule has 14 heteroatoms. The van der Waals surface area contributed by atoms with Crippen LogP contribution in [0.2, 0.25) is 5.02 Å². The molecule has 3 aromatic rings. The fourth-order valence-electron chi connectivity index (χ4n) is 4.99. The van der Waals surface area contributed by atoms with Crippen molar-refractivity contribution in [3.05, 3.63) is 75.1 Å². The van der Waals surface area contributed by atoms with E-state index in [9.17, 15) is 9.59 Å². The average molecular weight is 725 g/mol. The van der Waals surface area contributed by atoms with Crippen LogP contribution < -0.4 is 20.3 Å². The molecule has 0 spiro atoms. The number of aryl methyl sites for hydroxylation is 1. The highest BCUT2D eigenvalue weighted by atomic mass is 35.5. The summed E-state index contributed by atoms with van der Waals surface area (Å²) in [5, 5.41) is 24.5. The molecule has 50 heavy (non-hydrogen) atoms. The predicted molar refractivity (Wildman–Crippen MR) is 199 cm³/mol. The zero-order valence-corrected chi connectivity index (χ0v) is 30.8. The monoisotopic (exact) mass is 724 g/mol. The van der Waals surface area contributed by atoms with Gasteiger partial charge in [0, 0.05) is 33.3 Å². The number of rotatable bonds is 14. The maximum Gasteiger partial charge on any atom is 0.407 e. The highest BCUT2D eigenvalue weighted by Crippen LogP contribution is 2.40. The van der Waals surface area contributed by atoms with Crippen molar-refractivity contribution in [3.63, 3.8) is 0 Å². The third-order valence-corrected chi connectivity index (χ3v) is 8.85. The molecule has 2 amide bonds. The fraction of sp³-hybridized carbons (Fsp3) is 0.417. The van der Waals surface area contributed by atoms with E-state index in [0.29, 0.717) is 61.8 Å². The summed E-state index contributed by atoms with van der Waals surface area (Å²) in [6.45, 7) is 13.2. The largest absolute Gasteiger partial charge is 0.491 e. The molecular weight excluding hydrogens is 680 g/mol. The van der Waals surface area contributed by atoms with Gasteiger partial charge in [-0.1, -0.05) is 23.7 Å². The summed E-state index contributed by atoms with van der Waals surface area (Å²) in [5.74, 6) is 0.540. The number of alkyl carbamates (subject to hydrolysis) is 1. The van der Waals surface area contributed by atoms with E-state index in [1.165, 1.54) is 11.3 Å². The van der Waals surface area contributed by atoms with Crippen molar-refractivity contribution in [1.29, 1.82) is 10.8 Å². The Bertz CT molecular complexity index is 1700. The van der Waals surface area contributed by atoms with Gasteiger partial charge in [-0.05, 0) is 83.5 Å². The Balaban J connectivity index is 1.27. The van der Waals surface area contributed by atoms with E-state index in [1.54, 1.807) is 69.0 Å². The van der Waals surface area contributed by atoms with E-state index in [4.69, 9.17) is 46.4 Å². The predicted octanol–water partition coefficient (Wildman–Crippen LogP) is 6.98. The number of carbonyl (C=O) groups is 2. The lowest BCUT2D eigenvalue weighted by atomic mass is 9.99. The first kappa shape index (κ1) is 38.5. The lowest BCUT2D eigenvalue weighted by Gasteiger charge is -2.24. The number of nitrogens with zero attached hydrogens (tertiary/aromatic N) is 2. The quantitative estimate of drug-likeness (QED) is 0.0793. The van der Waals surface area contributed by atoms with Gasteiger partial charge in [0.05, 0.1) is 38.6 Å². The summed E-state index contributed by atoms with van der Waals surface area (Å²) in [5.41, 5.74) is 3.39. The van der Waals surface area contributed by atoms with Gasteiger partial charge in [0.1, 0.15) is 40.7 Å². The van der Waals surface area contributed by atoms with Gasteiger partial charge >= 0.3 is 6.09 Å². The molecule has 1 atom stereocenters. The number of hydrogen-bond acceptors (Lipinski definition) is 10. The van der Waals surface area contributed by atoms with Crippen LogP contribution in [0.5, 0.6) is 5.75 Å². The number of aliphatic imine (C=N–C) groups is 1. The molecule has 2 aromatic carbocycles. The second-order valence-electron chi connectivity index (χ2n) is 12.5. The first-order valence-corrected chi connectivity index (χ1v) is 17.5. The van der Waals surface area contributed by atoms with Gasteiger partial charge in [-0.25, -0.2) is 4.79 Å². The van der Waals surface area contributed by atoms with Crippen molar-refractivity contribution in [3.8, 4) is 5.75 Å². The zero-order chi connectivity index (χ0) is 36.4. The van der Waals surface area contributed by atoms with Gasteiger partial charge in [0.2, 0.25) is 5.91 Å². The number of amides is 2. The Kier molecular flexibility index (Phi) is 13.5. The van der Waals surface area contributed by atoms with E-state index < -0.39 is 17.7 Å². The van der Waals surface area contributed by atoms with Crippen molar-refractivity contribution in [2.24, 2.45) is 4.99 Å². The molecule has 0 saturated carbocycles. The number of hydrogen-bond donors (Lipinski definition) is 4. The van der Waals surface area contributed by atoms with Crippen molar-refractivity contribution in [2.45, 2.75) is 59.6 Å². The minimum absolute atomic E-state index is 0.0619. The minimum atomic E-state index is -0.831. The first-order chi connectivity index (χ1) is 23.7. The van der Waals surface area contributed by atoms with Crippen LogP contribution in [0, 0.1) is 24.7 Å². The van der Waals surface area contributed by atoms with E-state index in [0.717, 1.165) is 26.6 Å². The molecule has 0 bridgehead atoms. The number of carbonyl (C=O) groups excluding carboxylic acids is 2. The average Bonchev–Trinajstić information content (AvgIpc) is 3.26. The topological polar surface area (TPSA) is 158 Å². The highest BCUT2D eigenvalue weighted by molar-refractivity contribution is 7.17. The van der Waals surface area contributed by atoms with Crippen LogP contribution in [0.3, 0.4) is 0 Å². The summed E-state index contributed by atoms with van der Waals surface area (Å²) in [6, 6.07) is 13.5. The number of fused-ring (bicyclic) bond motifs is 1. The number of nitrogens with one attached hydrogen (secondary N) is 4. The van der Waals surface area contributed by atoms with Gasteiger partial charge in [-0.15, -0.1) is 11.3 Å². The van der Waals surface area contributed by atoms with Crippen LogP contribution >= 0.6 is 22.9 Å². The van der Waals surface area contributed by atoms with Crippen molar-refractivity contribution in [2.75, 3.05) is 49.8 Å². The lowest BCUT2D eigenvalue weighted by Crippen LogP contribution is -2.41. The molecule has 0 unspecified atom stereocenters. The van der Waals surface area contributed by atoms with Crippen molar-refractivity contribution in [1.82, 2.24) is 5.32 Å². The van der Waals surface area contributed by atoms with E-state index in [2.05, 4.69) is 10.6 Å². The summed E-state index contributed by atoms with van der Waals surface area (Å²) >= 11 is 7.69. The molecule has 0 fully saturated rings. The molecule has 268 valence electrons. The molecule has 0 saturated heterocycles. The van der Waals surface area contributed by atoms with Gasteiger partial charge < -0.3 is 29.6 Å².